The predicted molar refractivity (Wildman–Crippen MR) is 86.4 cm³/mol. The molecule has 0 aliphatic rings. The Labute approximate surface area is 131 Å². The zero-order chi connectivity index (χ0) is 16.3. The van der Waals surface area contributed by atoms with E-state index in [0.717, 1.165) is 33.3 Å². The minimum Gasteiger partial charge on any atom is -0.334 e. The summed E-state index contributed by atoms with van der Waals surface area (Å²) in [5, 5.41) is 10.6. The first-order valence-electron chi connectivity index (χ1n) is 6.60. The lowest BCUT2D eigenvalue weighted by atomic mass is 10.1. The standard InChI is InChI=1S/C14H17N5O2S/c1-8-5-4-6-9(2)12(8)16-11(20)7-22-14-18-17-10(3)13(21)19(14)15/h4-6H,7,15H2,1-3H3,(H,16,20). The molecule has 8 heteroatoms. The number of aromatic nitrogens is 3. The number of carbonyl (C=O) groups excluding carboxylic acids is 1. The van der Waals surface area contributed by atoms with E-state index in [9.17, 15) is 9.59 Å². The first-order chi connectivity index (χ1) is 10.4. The number of nitrogens with zero attached hydrogens (tertiary/aromatic N) is 3. The van der Waals surface area contributed by atoms with Gasteiger partial charge >= 0.3 is 0 Å². The van der Waals surface area contributed by atoms with Crippen molar-refractivity contribution in [3.8, 4) is 0 Å². The number of nitrogens with one attached hydrogen (secondary N) is 1. The van der Waals surface area contributed by atoms with Gasteiger partial charge in [-0.15, -0.1) is 10.2 Å². The third kappa shape index (κ3) is 3.45. The lowest BCUT2D eigenvalue weighted by Gasteiger charge is -2.11. The number of hydrogen-bond acceptors (Lipinski definition) is 6. The van der Waals surface area contributed by atoms with Gasteiger partial charge in [0.15, 0.2) is 0 Å². The van der Waals surface area contributed by atoms with E-state index in [1.165, 1.54) is 6.92 Å². The number of rotatable bonds is 4. The van der Waals surface area contributed by atoms with Gasteiger partial charge in [-0.25, -0.2) is 0 Å². The molecule has 0 saturated heterocycles. The summed E-state index contributed by atoms with van der Waals surface area (Å²) < 4.78 is 0.902. The van der Waals surface area contributed by atoms with E-state index in [1.54, 1.807) is 0 Å². The third-order valence-electron chi connectivity index (χ3n) is 3.10. The molecule has 1 heterocycles. The Bertz CT molecular complexity index is 752. The Balaban J connectivity index is 2.05. The molecule has 3 N–H and O–H groups in total. The fraction of sp³-hybridized carbons (Fsp3) is 0.286. The molecule has 116 valence electrons. The van der Waals surface area contributed by atoms with E-state index >= 15 is 0 Å². The van der Waals surface area contributed by atoms with Gasteiger partial charge in [0.05, 0.1) is 5.75 Å². The molecule has 0 saturated carbocycles. The van der Waals surface area contributed by atoms with Crippen LogP contribution in [0.2, 0.25) is 0 Å². The minimum absolute atomic E-state index is 0.0855. The summed E-state index contributed by atoms with van der Waals surface area (Å²) in [6.07, 6.45) is 0. The number of carbonyl (C=O) groups is 1. The summed E-state index contributed by atoms with van der Waals surface area (Å²) in [5.41, 5.74) is 2.57. The van der Waals surface area contributed by atoms with E-state index in [-0.39, 0.29) is 22.5 Å². The number of benzene rings is 1. The van der Waals surface area contributed by atoms with Crippen molar-refractivity contribution in [1.82, 2.24) is 14.9 Å². The largest absolute Gasteiger partial charge is 0.334 e. The van der Waals surface area contributed by atoms with Crippen molar-refractivity contribution >= 4 is 23.4 Å². The molecule has 0 spiro atoms. The number of hydrogen-bond donors (Lipinski definition) is 2. The average Bonchev–Trinajstić information content (AvgIpc) is 2.48. The van der Waals surface area contributed by atoms with Crippen LogP contribution in [0.5, 0.6) is 0 Å². The highest BCUT2D eigenvalue weighted by molar-refractivity contribution is 7.99. The number of thioether (sulfide) groups is 1. The molecular formula is C14H17N5O2S. The highest BCUT2D eigenvalue weighted by Crippen LogP contribution is 2.20. The summed E-state index contributed by atoms with van der Waals surface area (Å²) in [7, 11) is 0. The normalized spacial score (nSPS) is 10.5. The molecule has 1 aromatic heterocycles. The minimum atomic E-state index is -0.423. The van der Waals surface area contributed by atoms with Gasteiger partial charge in [-0.1, -0.05) is 30.0 Å². The Morgan fingerprint density at radius 2 is 1.91 bits per heavy atom. The molecule has 0 aliphatic carbocycles. The first-order valence-corrected chi connectivity index (χ1v) is 7.59. The molecule has 1 aromatic carbocycles. The Hall–Kier alpha value is -2.35. The highest BCUT2D eigenvalue weighted by atomic mass is 32.2. The molecule has 2 aromatic rings. The molecule has 0 fully saturated rings. The van der Waals surface area contributed by atoms with Crippen molar-refractivity contribution in [1.29, 1.82) is 0 Å². The van der Waals surface area contributed by atoms with Crippen molar-refractivity contribution in [3.63, 3.8) is 0 Å². The molecule has 7 nitrogen and oxygen atoms in total. The second-order valence-corrected chi connectivity index (χ2v) is 5.79. The maximum absolute atomic E-state index is 12.0. The summed E-state index contributed by atoms with van der Waals surface area (Å²) >= 11 is 1.06. The Morgan fingerprint density at radius 3 is 2.55 bits per heavy atom. The third-order valence-corrected chi connectivity index (χ3v) is 4.04. The summed E-state index contributed by atoms with van der Waals surface area (Å²) in [6.45, 7) is 5.39. The van der Waals surface area contributed by atoms with Gasteiger partial charge in [-0.2, -0.15) is 4.68 Å². The number of aryl methyl sites for hydroxylation is 3. The predicted octanol–water partition coefficient (Wildman–Crippen LogP) is 1.01. The molecule has 0 radical (unpaired) electrons. The topological polar surface area (TPSA) is 103 Å². The summed E-state index contributed by atoms with van der Waals surface area (Å²) in [5.74, 6) is 5.51. The van der Waals surface area contributed by atoms with Gasteiger partial charge in [-0.05, 0) is 31.9 Å². The van der Waals surface area contributed by atoms with Crippen LogP contribution in [0.1, 0.15) is 16.8 Å². The van der Waals surface area contributed by atoms with Crippen LogP contribution < -0.4 is 16.7 Å². The van der Waals surface area contributed by atoms with Crippen LogP contribution in [0.4, 0.5) is 5.69 Å². The first kappa shape index (κ1) is 16.0. The zero-order valence-corrected chi connectivity index (χ0v) is 13.4. The van der Waals surface area contributed by atoms with E-state index in [2.05, 4.69) is 15.5 Å². The van der Waals surface area contributed by atoms with Crippen LogP contribution in [0, 0.1) is 20.8 Å². The van der Waals surface area contributed by atoms with Crippen molar-refractivity contribution in [2.75, 3.05) is 16.9 Å². The van der Waals surface area contributed by atoms with Crippen LogP contribution in [0.15, 0.2) is 28.2 Å². The number of nitrogens with two attached hydrogens (primary N) is 1. The second-order valence-electron chi connectivity index (χ2n) is 4.85. The van der Waals surface area contributed by atoms with E-state index in [1.807, 2.05) is 32.0 Å². The van der Waals surface area contributed by atoms with Gasteiger partial charge < -0.3 is 11.2 Å². The molecule has 2 rings (SSSR count). The average molecular weight is 319 g/mol. The van der Waals surface area contributed by atoms with Crippen molar-refractivity contribution in [3.05, 3.63) is 45.4 Å². The van der Waals surface area contributed by atoms with Crippen molar-refractivity contribution in [2.45, 2.75) is 25.9 Å². The fourth-order valence-electron chi connectivity index (χ4n) is 1.89. The number of para-hydroxylation sites is 1. The van der Waals surface area contributed by atoms with Crippen LogP contribution in [0.25, 0.3) is 0 Å². The van der Waals surface area contributed by atoms with E-state index < -0.39 is 5.56 Å². The number of amides is 1. The van der Waals surface area contributed by atoms with E-state index in [0.29, 0.717) is 0 Å². The van der Waals surface area contributed by atoms with Crippen LogP contribution in [-0.2, 0) is 4.79 Å². The van der Waals surface area contributed by atoms with Crippen molar-refractivity contribution in [2.24, 2.45) is 0 Å². The molecule has 22 heavy (non-hydrogen) atoms. The highest BCUT2D eigenvalue weighted by Gasteiger charge is 2.12. The van der Waals surface area contributed by atoms with Crippen molar-refractivity contribution < 1.29 is 4.79 Å². The van der Waals surface area contributed by atoms with Crippen LogP contribution >= 0.6 is 11.8 Å². The van der Waals surface area contributed by atoms with Crippen LogP contribution in [0.3, 0.4) is 0 Å². The molecule has 1 amide bonds. The van der Waals surface area contributed by atoms with Gasteiger partial charge in [0.2, 0.25) is 11.1 Å². The Morgan fingerprint density at radius 1 is 1.27 bits per heavy atom. The van der Waals surface area contributed by atoms with Gasteiger partial charge in [0.25, 0.3) is 5.56 Å². The summed E-state index contributed by atoms with van der Waals surface area (Å²) in [6, 6.07) is 5.79. The molecule has 0 bridgehead atoms. The smallest absolute Gasteiger partial charge is 0.294 e. The molecule has 0 atom stereocenters. The number of anilines is 1. The lowest BCUT2D eigenvalue weighted by molar-refractivity contribution is -0.113. The van der Waals surface area contributed by atoms with Gasteiger partial charge in [-0.3, -0.25) is 9.59 Å². The van der Waals surface area contributed by atoms with Crippen LogP contribution in [-0.4, -0.2) is 26.5 Å². The monoisotopic (exact) mass is 319 g/mol. The van der Waals surface area contributed by atoms with Gasteiger partial charge in [0.1, 0.15) is 5.69 Å². The molecular weight excluding hydrogens is 302 g/mol. The molecule has 0 unspecified atom stereocenters. The maximum atomic E-state index is 12.0. The fourth-order valence-corrected chi connectivity index (χ4v) is 2.54. The quantitative estimate of drug-likeness (QED) is 0.644. The SMILES string of the molecule is Cc1cccc(C)c1NC(=O)CSc1nnc(C)c(=O)n1N. The zero-order valence-electron chi connectivity index (χ0n) is 12.6. The summed E-state index contributed by atoms with van der Waals surface area (Å²) in [4.78, 5) is 23.7. The lowest BCUT2D eigenvalue weighted by Crippen LogP contribution is -2.32. The van der Waals surface area contributed by atoms with Gasteiger partial charge in [0, 0.05) is 5.69 Å². The second kappa shape index (κ2) is 6.61. The van der Waals surface area contributed by atoms with E-state index in [4.69, 9.17) is 5.84 Å². The Kier molecular flexibility index (Phi) is 4.81. The maximum Gasteiger partial charge on any atom is 0.294 e. The molecule has 0 aliphatic heterocycles. The number of nitrogen functional groups attached to an aromatic ring is 1.